The molecule has 0 N–H and O–H groups in total. The quantitative estimate of drug-likeness (QED) is 0.382. The minimum absolute atomic E-state index is 0.0243. The highest BCUT2D eigenvalue weighted by atomic mass is 19.3. The SMILES string of the molecule is CC(C)c1cc(C(C)C)c(C(=O)OCCC(F)(F)C(F)F)c(C(C)C)c1. The molecular formula is C20H28F4O2. The molecule has 0 aromatic heterocycles. The summed E-state index contributed by atoms with van der Waals surface area (Å²) in [4.78, 5) is 12.6. The van der Waals surface area contributed by atoms with Crippen molar-refractivity contribution in [3.8, 4) is 0 Å². The number of carbonyl (C=O) groups excluding carboxylic acids is 1. The molecule has 1 aromatic rings. The lowest BCUT2D eigenvalue weighted by molar-refractivity contribution is -0.138. The van der Waals surface area contributed by atoms with Crippen molar-refractivity contribution in [2.24, 2.45) is 0 Å². The van der Waals surface area contributed by atoms with Crippen molar-refractivity contribution in [3.05, 3.63) is 34.4 Å². The van der Waals surface area contributed by atoms with Gasteiger partial charge in [-0.3, -0.25) is 0 Å². The Balaban J connectivity index is 3.18. The molecule has 0 saturated heterocycles. The Hall–Kier alpha value is -1.59. The second kappa shape index (κ2) is 8.87. The first-order valence-electron chi connectivity index (χ1n) is 8.89. The molecule has 1 rings (SSSR count). The molecule has 0 spiro atoms. The van der Waals surface area contributed by atoms with Crippen LogP contribution in [0.15, 0.2) is 12.1 Å². The summed E-state index contributed by atoms with van der Waals surface area (Å²) in [7, 11) is 0. The van der Waals surface area contributed by atoms with Gasteiger partial charge in [0.15, 0.2) is 0 Å². The average Bonchev–Trinajstić information content (AvgIpc) is 2.52. The van der Waals surface area contributed by atoms with Gasteiger partial charge in [0.1, 0.15) is 0 Å². The third-order valence-corrected chi connectivity index (χ3v) is 4.32. The Morgan fingerprint density at radius 2 is 1.42 bits per heavy atom. The monoisotopic (exact) mass is 376 g/mol. The number of carbonyl (C=O) groups is 1. The molecule has 148 valence electrons. The number of esters is 1. The van der Waals surface area contributed by atoms with Crippen LogP contribution in [-0.2, 0) is 4.74 Å². The highest BCUT2D eigenvalue weighted by Crippen LogP contribution is 2.33. The lowest BCUT2D eigenvalue weighted by Crippen LogP contribution is -2.28. The van der Waals surface area contributed by atoms with Gasteiger partial charge >= 0.3 is 18.3 Å². The van der Waals surface area contributed by atoms with Crippen LogP contribution < -0.4 is 0 Å². The predicted octanol–water partition coefficient (Wildman–Crippen LogP) is 6.50. The summed E-state index contributed by atoms with van der Waals surface area (Å²) in [6, 6.07) is 3.87. The maximum Gasteiger partial charge on any atom is 0.338 e. The van der Waals surface area contributed by atoms with E-state index in [1.807, 2.05) is 53.7 Å². The molecule has 0 aliphatic carbocycles. The molecule has 2 nitrogen and oxygen atoms in total. The molecule has 0 radical (unpaired) electrons. The molecule has 0 aliphatic rings. The fraction of sp³-hybridized carbons (Fsp3) is 0.650. The number of halogens is 4. The van der Waals surface area contributed by atoms with Gasteiger partial charge < -0.3 is 4.74 Å². The standard InChI is InChI=1S/C20H28F4O2/c1-11(2)14-9-15(12(3)4)17(16(10-14)13(5)6)18(25)26-8-7-20(23,24)19(21)22/h9-13,19H,7-8H2,1-6H3. The summed E-state index contributed by atoms with van der Waals surface area (Å²) >= 11 is 0. The fourth-order valence-electron chi connectivity index (χ4n) is 2.65. The predicted molar refractivity (Wildman–Crippen MR) is 94.6 cm³/mol. The van der Waals surface area contributed by atoms with Crippen LogP contribution in [0.1, 0.15) is 92.8 Å². The number of rotatable bonds is 8. The average molecular weight is 376 g/mol. The van der Waals surface area contributed by atoms with Crippen molar-refractivity contribution in [3.63, 3.8) is 0 Å². The molecule has 6 heteroatoms. The van der Waals surface area contributed by atoms with Gasteiger partial charge in [0.25, 0.3) is 0 Å². The van der Waals surface area contributed by atoms with Crippen LogP contribution >= 0.6 is 0 Å². The zero-order chi connectivity index (χ0) is 20.2. The van der Waals surface area contributed by atoms with Gasteiger partial charge in [-0.05, 0) is 34.4 Å². The van der Waals surface area contributed by atoms with Gasteiger partial charge in [0.2, 0.25) is 0 Å². The zero-order valence-corrected chi connectivity index (χ0v) is 16.2. The van der Waals surface area contributed by atoms with E-state index in [0.29, 0.717) is 5.56 Å². The van der Waals surface area contributed by atoms with E-state index in [1.165, 1.54) is 0 Å². The maximum atomic E-state index is 13.0. The van der Waals surface area contributed by atoms with Gasteiger partial charge in [-0.25, -0.2) is 22.4 Å². The van der Waals surface area contributed by atoms with Gasteiger partial charge in [0.05, 0.1) is 18.6 Å². The summed E-state index contributed by atoms with van der Waals surface area (Å²) in [6.07, 6.45) is -4.97. The summed E-state index contributed by atoms with van der Waals surface area (Å²) in [5.74, 6) is -4.59. The minimum Gasteiger partial charge on any atom is -0.462 e. The van der Waals surface area contributed by atoms with E-state index in [0.717, 1.165) is 16.7 Å². The molecule has 0 unspecified atom stereocenters. The molecule has 0 heterocycles. The second-order valence-corrected chi connectivity index (χ2v) is 7.49. The van der Waals surface area contributed by atoms with Crippen molar-refractivity contribution in [1.82, 2.24) is 0 Å². The van der Waals surface area contributed by atoms with E-state index in [2.05, 4.69) is 0 Å². The van der Waals surface area contributed by atoms with Gasteiger partial charge in [-0.1, -0.05) is 53.7 Å². The van der Waals surface area contributed by atoms with E-state index >= 15 is 0 Å². The highest BCUT2D eigenvalue weighted by Gasteiger charge is 2.40. The summed E-state index contributed by atoms with van der Waals surface area (Å²) in [5, 5.41) is 0. The van der Waals surface area contributed by atoms with Crippen LogP contribution in [0.3, 0.4) is 0 Å². The number of hydrogen-bond donors (Lipinski definition) is 0. The summed E-state index contributed by atoms with van der Waals surface area (Å²) in [5.41, 5.74) is 3.01. The van der Waals surface area contributed by atoms with E-state index in [-0.39, 0.29) is 17.8 Å². The molecule has 0 saturated carbocycles. The molecule has 0 fully saturated rings. The van der Waals surface area contributed by atoms with Crippen molar-refractivity contribution in [1.29, 1.82) is 0 Å². The Morgan fingerprint density at radius 3 is 1.77 bits per heavy atom. The van der Waals surface area contributed by atoms with Crippen molar-refractivity contribution in [2.45, 2.75) is 78.1 Å². The number of alkyl halides is 4. The Morgan fingerprint density at radius 1 is 0.962 bits per heavy atom. The lowest BCUT2D eigenvalue weighted by atomic mass is 9.84. The third kappa shape index (κ3) is 5.45. The fourth-order valence-corrected chi connectivity index (χ4v) is 2.65. The smallest absolute Gasteiger partial charge is 0.338 e. The molecule has 0 aliphatic heterocycles. The first-order valence-corrected chi connectivity index (χ1v) is 8.89. The molecule has 26 heavy (non-hydrogen) atoms. The third-order valence-electron chi connectivity index (χ3n) is 4.32. The van der Waals surface area contributed by atoms with Gasteiger partial charge in [-0.15, -0.1) is 0 Å². The summed E-state index contributed by atoms with van der Waals surface area (Å²) in [6.45, 7) is 11.1. The van der Waals surface area contributed by atoms with Crippen molar-refractivity contribution < 1.29 is 27.1 Å². The van der Waals surface area contributed by atoms with E-state index in [4.69, 9.17) is 4.74 Å². The van der Waals surface area contributed by atoms with Crippen LogP contribution in [0.2, 0.25) is 0 Å². The van der Waals surface area contributed by atoms with Crippen LogP contribution in [0.4, 0.5) is 17.6 Å². The first-order chi connectivity index (χ1) is 11.9. The van der Waals surface area contributed by atoms with E-state index < -0.39 is 31.3 Å². The number of hydrogen-bond acceptors (Lipinski definition) is 2. The van der Waals surface area contributed by atoms with Crippen molar-refractivity contribution in [2.75, 3.05) is 6.61 Å². The molecular weight excluding hydrogens is 348 g/mol. The molecule has 0 bridgehead atoms. The maximum absolute atomic E-state index is 13.0. The molecule has 0 amide bonds. The number of benzene rings is 1. The topological polar surface area (TPSA) is 26.3 Å². The van der Waals surface area contributed by atoms with E-state index in [9.17, 15) is 22.4 Å². The Labute approximate surface area is 152 Å². The van der Waals surface area contributed by atoms with Crippen LogP contribution in [0.5, 0.6) is 0 Å². The highest BCUT2D eigenvalue weighted by molar-refractivity contribution is 5.93. The normalized spacial score (nSPS) is 12.5. The summed E-state index contributed by atoms with van der Waals surface area (Å²) < 4.78 is 55.4. The van der Waals surface area contributed by atoms with Crippen LogP contribution in [-0.4, -0.2) is 24.9 Å². The van der Waals surface area contributed by atoms with E-state index in [1.54, 1.807) is 0 Å². The van der Waals surface area contributed by atoms with Gasteiger partial charge in [0, 0.05) is 0 Å². The van der Waals surface area contributed by atoms with Crippen molar-refractivity contribution >= 4 is 5.97 Å². The van der Waals surface area contributed by atoms with Crippen LogP contribution in [0, 0.1) is 0 Å². The second-order valence-electron chi connectivity index (χ2n) is 7.49. The lowest BCUT2D eigenvalue weighted by Gasteiger charge is -2.22. The van der Waals surface area contributed by atoms with Gasteiger partial charge in [-0.2, -0.15) is 0 Å². The molecule has 1 aromatic carbocycles. The first kappa shape index (κ1) is 22.5. The largest absolute Gasteiger partial charge is 0.462 e. The minimum atomic E-state index is -4.16. The number of ether oxygens (including phenoxy) is 1. The Kier molecular flexibility index (Phi) is 7.66. The molecule has 0 atom stereocenters. The van der Waals surface area contributed by atoms with Crippen LogP contribution in [0.25, 0.3) is 0 Å². The Bertz CT molecular complexity index is 593. The zero-order valence-electron chi connectivity index (χ0n) is 16.2.